The molecule has 0 aromatic heterocycles. The van der Waals surface area contributed by atoms with Gasteiger partial charge in [-0.1, -0.05) is 42.1 Å². The molecule has 0 aliphatic heterocycles. The average Bonchev–Trinajstić information content (AvgIpc) is 2.17. The topological polar surface area (TPSA) is 17.1 Å². The van der Waals surface area contributed by atoms with Gasteiger partial charge in [0.15, 0.2) is 0 Å². The van der Waals surface area contributed by atoms with Crippen molar-refractivity contribution in [2.45, 2.75) is 5.38 Å². The highest BCUT2D eigenvalue weighted by atomic mass is 35.5. The third-order valence-corrected chi connectivity index (χ3v) is 2.72. The lowest BCUT2D eigenvalue weighted by atomic mass is 10.2. The third kappa shape index (κ3) is 2.26. The largest absolute Gasteiger partial charge is 0.285 e. The Labute approximate surface area is 81.1 Å². The van der Waals surface area contributed by atoms with Crippen molar-refractivity contribution in [2.24, 2.45) is 0 Å². The number of rotatable bonds is 2. The van der Waals surface area contributed by atoms with E-state index in [9.17, 15) is 4.79 Å². The quantitative estimate of drug-likeness (QED) is 0.683. The molecule has 0 amide bonds. The SMILES string of the molecule is CSC(=O)C(Cl)c1ccccc1. The van der Waals surface area contributed by atoms with E-state index in [0.717, 1.165) is 17.3 Å². The van der Waals surface area contributed by atoms with Crippen LogP contribution in [0.3, 0.4) is 0 Å². The zero-order valence-electron chi connectivity index (χ0n) is 6.66. The van der Waals surface area contributed by atoms with Crippen LogP contribution < -0.4 is 0 Å². The first kappa shape index (κ1) is 9.62. The predicted octanol–water partition coefficient (Wildman–Crippen LogP) is 2.86. The first-order valence-corrected chi connectivity index (χ1v) is 5.18. The molecule has 0 aliphatic rings. The molecule has 1 nitrogen and oxygen atoms in total. The van der Waals surface area contributed by atoms with Crippen LogP contribution in [-0.2, 0) is 4.79 Å². The molecule has 1 rings (SSSR count). The Morgan fingerprint density at radius 2 is 2.00 bits per heavy atom. The standard InChI is InChI=1S/C9H9ClOS/c1-12-9(11)8(10)7-5-3-2-4-6-7/h2-6,8H,1H3. The molecule has 0 bridgehead atoms. The molecule has 0 fully saturated rings. The number of hydrogen-bond acceptors (Lipinski definition) is 2. The Kier molecular flexibility index (Phi) is 3.63. The monoisotopic (exact) mass is 200 g/mol. The fraction of sp³-hybridized carbons (Fsp3) is 0.222. The van der Waals surface area contributed by atoms with Gasteiger partial charge in [-0.2, -0.15) is 0 Å². The molecule has 0 N–H and O–H groups in total. The molecule has 0 aliphatic carbocycles. The Balaban J connectivity index is 2.78. The highest BCUT2D eigenvalue weighted by Gasteiger charge is 2.15. The van der Waals surface area contributed by atoms with Crippen LogP contribution in [0.15, 0.2) is 30.3 Å². The van der Waals surface area contributed by atoms with Crippen LogP contribution >= 0.6 is 23.4 Å². The van der Waals surface area contributed by atoms with Gasteiger partial charge in [-0.05, 0) is 11.8 Å². The van der Waals surface area contributed by atoms with Gasteiger partial charge < -0.3 is 0 Å². The Bertz CT molecular complexity index is 260. The van der Waals surface area contributed by atoms with Crippen LogP contribution in [0.2, 0.25) is 0 Å². The van der Waals surface area contributed by atoms with Crippen molar-refractivity contribution in [3.05, 3.63) is 35.9 Å². The van der Waals surface area contributed by atoms with E-state index in [1.54, 1.807) is 6.26 Å². The normalized spacial score (nSPS) is 12.5. The molecule has 1 aromatic carbocycles. The van der Waals surface area contributed by atoms with Crippen LogP contribution in [0.25, 0.3) is 0 Å². The lowest BCUT2D eigenvalue weighted by Gasteiger charge is -2.05. The number of hydrogen-bond donors (Lipinski definition) is 0. The average molecular weight is 201 g/mol. The summed E-state index contributed by atoms with van der Waals surface area (Å²) in [5.74, 6) is 0. The highest BCUT2D eigenvalue weighted by Crippen LogP contribution is 2.24. The van der Waals surface area contributed by atoms with E-state index in [-0.39, 0.29) is 5.12 Å². The van der Waals surface area contributed by atoms with E-state index < -0.39 is 5.38 Å². The molecule has 0 radical (unpaired) electrons. The van der Waals surface area contributed by atoms with E-state index in [1.807, 2.05) is 30.3 Å². The lowest BCUT2D eigenvalue weighted by Crippen LogP contribution is -2.00. The summed E-state index contributed by atoms with van der Waals surface area (Å²) in [7, 11) is 0. The number of thioether (sulfide) groups is 1. The van der Waals surface area contributed by atoms with Crippen molar-refractivity contribution in [3.8, 4) is 0 Å². The summed E-state index contributed by atoms with van der Waals surface area (Å²) in [4.78, 5) is 11.1. The molecule has 0 saturated carbocycles. The molecule has 12 heavy (non-hydrogen) atoms. The van der Waals surface area contributed by atoms with Crippen LogP contribution in [0, 0.1) is 0 Å². The summed E-state index contributed by atoms with van der Waals surface area (Å²) in [5, 5.41) is -0.524. The maximum atomic E-state index is 11.1. The first-order valence-electron chi connectivity index (χ1n) is 3.52. The summed E-state index contributed by atoms with van der Waals surface area (Å²) >= 11 is 7.04. The zero-order valence-corrected chi connectivity index (χ0v) is 8.23. The molecular weight excluding hydrogens is 192 g/mol. The minimum absolute atomic E-state index is 0.0112. The van der Waals surface area contributed by atoms with Gasteiger partial charge in [-0.3, -0.25) is 4.79 Å². The van der Waals surface area contributed by atoms with Crippen LogP contribution in [0.4, 0.5) is 0 Å². The zero-order chi connectivity index (χ0) is 8.97. The van der Waals surface area contributed by atoms with E-state index in [1.165, 1.54) is 0 Å². The lowest BCUT2D eigenvalue weighted by molar-refractivity contribution is -0.110. The van der Waals surface area contributed by atoms with Crippen molar-refractivity contribution in [1.82, 2.24) is 0 Å². The molecule has 64 valence electrons. The van der Waals surface area contributed by atoms with Crippen molar-refractivity contribution in [2.75, 3.05) is 6.26 Å². The van der Waals surface area contributed by atoms with Crippen LogP contribution in [0.1, 0.15) is 10.9 Å². The van der Waals surface area contributed by atoms with E-state index >= 15 is 0 Å². The minimum Gasteiger partial charge on any atom is -0.285 e. The third-order valence-electron chi connectivity index (χ3n) is 1.50. The van der Waals surface area contributed by atoms with E-state index in [2.05, 4.69) is 0 Å². The van der Waals surface area contributed by atoms with Crippen LogP contribution in [0.5, 0.6) is 0 Å². The van der Waals surface area contributed by atoms with E-state index in [4.69, 9.17) is 11.6 Å². The van der Waals surface area contributed by atoms with Crippen LogP contribution in [-0.4, -0.2) is 11.4 Å². The minimum atomic E-state index is -0.513. The smallest absolute Gasteiger partial charge is 0.210 e. The fourth-order valence-electron chi connectivity index (χ4n) is 0.862. The number of halogens is 1. The van der Waals surface area contributed by atoms with Gasteiger partial charge in [0.2, 0.25) is 5.12 Å². The summed E-state index contributed by atoms with van der Waals surface area (Å²) in [6, 6.07) is 9.35. The summed E-state index contributed by atoms with van der Waals surface area (Å²) < 4.78 is 0. The molecule has 1 aromatic rings. The van der Waals surface area contributed by atoms with Gasteiger partial charge in [-0.25, -0.2) is 0 Å². The number of carbonyl (C=O) groups excluding carboxylic acids is 1. The summed E-state index contributed by atoms with van der Waals surface area (Å²) in [6.07, 6.45) is 1.74. The second-order valence-corrected chi connectivity index (χ2v) is 3.54. The van der Waals surface area contributed by atoms with Crippen molar-refractivity contribution >= 4 is 28.5 Å². The van der Waals surface area contributed by atoms with Gasteiger partial charge in [-0.15, -0.1) is 11.6 Å². The molecule has 1 atom stereocenters. The van der Waals surface area contributed by atoms with Gasteiger partial charge in [0.05, 0.1) is 0 Å². The van der Waals surface area contributed by atoms with Gasteiger partial charge in [0.1, 0.15) is 5.38 Å². The Morgan fingerprint density at radius 3 is 2.50 bits per heavy atom. The van der Waals surface area contributed by atoms with E-state index in [0.29, 0.717) is 0 Å². The number of alkyl halides is 1. The molecular formula is C9H9ClOS. The highest BCUT2D eigenvalue weighted by molar-refractivity contribution is 8.13. The molecule has 1 unspecified atom stereocenters. The second-order valence-electron chi connectivity index (χ2n) is 2.30. The second kappa shape index (κ2) is 4.53. The first-order chi connectivity index (χ1) is 5.75. The molecule has 0 saturated heterocycles. The van der Waals surface area contributed by atoms with Crippen molar-refractivity contribution in [3.63, 3.8) is 0 Å². The number of carbonyl (C=O) groups is 1. The summed E-state index contributed by atoms with van der Waals surface area (Å²) in [6.45, 7) is 0. The molecule has 3 heteroatoms. The maximum Gasteiger partial charge on any atom is 0.210 e. The Morgan fingerprint density at radius 1 is 1.42 bits per heavy atom. The maximum absolute atomic E-state index is 11.1. The molecule has 0 spiro atoms. The van der Waals surface area contributed by atoms with Crippen molar-refractivity contribution in [1.29, 1.82) is 0 Å². The number of benzene rings is 1. The van der Waals surface area contributed by atoms with Gasteiger partial charge in [0.25, 0.3) is 0 Å². The predicted molar refractivity (Wildman–Crippen MR) is 53.6 cm³/mol. The molecule has 0 heterocycles. The fourth-order valence-corrected chi connectivity index (χ4v) is 1.62. The Hall–Kier alpha value is -0.470. The van der Waals surface area contributed by atoms with Gasteiger partial charge >= 0.3 is 0 Å². The summed E-state index contributed by atoms with van der Waals surface area (Å²) in [5.41, 5.74) is 0.860. The van der Waals surface area contributed by atoms with Gasteiger partial charge in [0, 0.05) is 0 Å². The van der Waals surface area contributed by atoms with Crippen molar-refractivity contribution < 1.29 is 4.79 Å².